The molecule has 1 saturated heterocycles. The van der Waals surface area contributed by atoms with Crippen LogP contribution in [0.3, 0.4) is 0 Å². The van der Waals surface area contributed by atoms with E-state index in [1.54, 1.807) is 24.3 Å². The zero-order valence-corrected chi connectivity index (χ0v) is 10.1. The Bertz CT molecular complexity index is 409. The van der Waals surface area contributed by atoms with E-state index in [1.165, 1.54) is 0 Å². The van der Waals surface area contributed by atoms with Gasteiger partial charge in [0.2, 0.25) is 6.29 Å². The van der Waals surface area contributed by atoms with Crippen LogP contribution in [0, 0.1) is 0 Å². The maximum absolute atomic E-state index is 9.77. The van der Waals surface area contributed by atoms with Crippen LogP contribution < -0.4 is 10.5 Å². The van der Waals surface area contributed by atoms with Gasteiger partial charge >= 0.3 is 0 Å². The molecule has 1 aliphatic heterocycles. The smallest absolute Gasteiger partial charge is 0.229 e. The summed E-state index contributed by atoms with van der Waals surface area (Å²) in [6, 6.07) is 6.38. The number of rotatable bonds is 3. The van der Waals surface area contributed by atoms with Gasteiger partial charge in [0.15, 0.2) is 0 Å². The highest BCUT2D eigenvalue weighted by Crippen LogP contribution is 2.24. The second-order valence-electron chi connectivity index (χ2n) is 4.38. The molecule has 5 atom stereocenters. The largest absolute Gasteiger partial charge is 0.462 e. The highest BCUT2D eigenvalue weighted by molar-refractivity contribution is 5.41. The van der Waals surface area contributed by atoms with E-state index < -0.39 is 37.3 Å². The zero-order chi connectivity index (χ0) is 14.0. The first-order valence-electron chi connectivity index (χ1n) is 5.85. The summed E-state index contributed by atoms with van der Waals surface area (Å²) in [6.45, 7) is -0.494. The van der Waals surface area contributed by atoms with E-state index in [0.29, 0.717) is 11.4 Å². The number of hydrogen-bond donors (Lipinski definition) is 5. The van der Waals surface area contributed by atoms with Crippen LogP contribution in [0.1, 0.15) is 0 Å². The SMILES string of the molecule is Nc1ccc(O[C@@H]2O[C@H](CO)[C@H](O)[C@H](O)[C@H]2O)cc1. The number of anilines is 1. The number of hydrogen-bond acceptors (Lipinski definition) is 7. The summed E-state index contributed by atoms with van der Waals surface area (Å²) in [5.74, 6) is 0.388. The van der Waals surface area contributed by atoms with Gasteiger partial charge in [-0.3, -0.25) is 0 Å². The fraction of sp³-hybridized carbons (Fsp3) is 0.500. The van der Waals surface area contributed by atoms with Gasteiger partial charge < -0.3 is 35.6 Å². The number of nitrogen functional groups attached to an aromatic ring is 1. The van der Waals surface area contributed by atoms with Crippen LogP contribution in [0.4, 0.5) is 5.69 Å². The molecule has 0 spiro atoms. The van der Waals surface area contributed by atoms with Crippen molar-refractivity contribution in [1.29, 1.82) is 0 Å². The van der Waals surface area contributed by atoms with Crippen LogP contribution >= 0.6 is 0 Å². The lowest BCUT2D eigenvalue weighted by molar-refractivity contribution is -0.277. The van der Waals surface area contributed by atoms with Crippen molar-refractivity contribution in [3.63, 3.8) is 0 Å². The molecule has 1 heterocycles. The summed E-state index contributed by atoms with van der Waals surface area (Å²) >= 11 is 0. The van der Waals surface area contributed by atoms with Crippen LogP contribution in [-0.2, 0) is 4.74 Å². The monoisotopic (exact) mass is 271 g/mol. The van der Waals surface area contributed by atoms with Crippen LogP contribution in [0.5, 0.6) is 5.75 Å². The Morgan fingerprint density at radius 2 is 1.68 bits per heavy atom. The van der Waals surface area contributed by atoms with Crippen LogP contribution in [-0.4, -0.2) is 57.7 Å². The molecule has 0 radical (unpaired) electrons. The lowest BCUT2D eigenvalue weighted by Crippen LogP contribution is -2.60. The normalized spacial score (nSPS) is 35.1. The van der Waals surface area contributed by atoms with E-state index in [-0.39, 0.29) is 0 Å². The molecule has 1 aliphatic rings. The first-order chi connectivity index (χ1) is 9.02. The van der Waals surface area contributed by atoms with E-state index >= 15 is 0 Å². The molecular formula is C12H17NO6. The quantitative estimate of drug-likeness (QED) is 0.421. The van der Waals surface area contributed by atoms with E-state index in [0.717, 1.165) is 0 Å². The highest BCUT2D eigenvalue weighted by atomic mass is 16.7. The fourth-order valence-electron chi connectivity index (χ4n) is 1.85. The topological polar surface area (TPSA) is 125 Å². The Balaban J connectivity index is 2.08. The number of ether oxygens (including phenoxy) is 2. The Morgan fingerprint density at radius 3 is 2.26 bits per heavy atom. The molecule has 1 fully saturated rings. The minimum atomic E-state index is -1.45. The van der Waals surface area contributed by atoms with Crippen molar-refractivity contribution < 1.29 is 29.9 Å². The first-order valence-corrected chi connectivity index (χ1v) is 5.85. The number of aliphatic hydroxyl groups is 4. The van der Waals surface area contributed by atoms with Gasteiger partial charge in [0, 0.05) is 5.69 Å². The van der Waals surface area contributed by atoms with Crippen molar-refractivity contribution in [3.05, 3.63) is 24.3 Å². The molecule has 1 aromatic rings. The Kier molecular flexibility index (Phi) is 4.23. The number of nitrogens with two attached hydrogens (primary N) is 1. The zero-order valence-electron chi connectivity index (χ0n) is 10.1. The van der Waals surface area contributed by atoms with Gasteiger partial charge in [0.05, 0.1) is 6.61 Å². The van der Waals surface area contributed by atoms with Gasteiger partial charge in [-0.05, 0) is 24.3 Å². The van der Waals surface area contributed by atoms with Crippen molar-refractivity contribution in [2.45, 2.75) is 30.7 Å². The summed E-state index contributed by atoms with van der Waals surface area (Å²) < 4.78 is 10.6. The molecule has 1 aromatic carbocycles. The van der Waals surface area contributed by atoms with Crippen molar-refractivity contribution >= 4 is 5.69 Å². The summed E-state index contributed by atoms with van der Waals surface area (Å²) in [7, 11) is 0. The average molecular weight is 271 g/mol. The van der Waals surface area contributed by atoms with Gasteiger partial charge in [-0.15, -0.1) is 0 Å². The van der Waals surface area contributed by atoms with Gasteiger partial charge in [-0.25, -0.2) is 0 Å². The predicted octanol–water partition coefficient (Wildman–Crippen LogP) is -1.55. The highest BCUT2D eigenvalue weighted by Gasteiger charge is 2.44. The van der Waals surface area contributed by atoms with Gasteiger partial charge in [-0.1, -0.05) is 0 Å². The third-order valence-electron chi connectivity index (χ3n) is 2.98. The molecule has 0 aliphatic carbocycles. The van der Waals surface area contributed by atoms with E-state index in [1.807, 2.05) is 0 Å². The molecule has 7 nitrogen and oxygen atoms in total. The van der Waals surface area contributed by atoms with Crippen LogP contribution in [0.25, 0.3) is 0 Å². The van der Waals surface area contributed by atoms with E-state index in [4.69, 9.17) is 20.3 Å². The molecule has 0 unspecified atom stereocenters. The minimum absolute atomic E-state index is 0.388. The third kappa shape index (κ3) is 2.96. The summed E-state index contributed by atoms with van der Waals surface area (Å²) in [4.78, 5) is 0. The maximum atomic E-state index is 9.77. The van der Waals surface area contributed by atoms with Crippen molar-refractivity contribution in [2.24, 2.45) is 0 Å². The Labute approximate surface area is 109 Å². The number of benzene rings is 1. The molecule has 106 valence electrons. The standard InChI is InChI=1S/C12H17NO6/c13-6-1-3-7(4-2-6)18-12-11(17)10(16)9(15)8(5-14)19-12/h1-4,8-12,14-17H,5,13H2/t8-,9+,10+,11-,12-/m1/s1. The maximum Gasteiger partial charge on any atom is 0.229 e. The first kappa shape index (κ1) is 14.0. The molecule has 0 bridgehead atoms. The second kappa shape index (κ2) is 5.72. The molecule has 6 N–H and O–H groups in total. The van der Waals surface area contributed by atoms with Gasteiger partial charge in [-0.2, -0.15) is 0 Å². The van der Waals surface area contributed by atoms with Crippen LogP contribution in [0.2, 0.25) is 0 Å². The summed E-state index contributed by atoms with van der Waals surface area (Å²) in [5, 5.41) is 38.0. The Morgan fingerprint density at radius 1 is 1.05 bits per heavy atom. The van der Waals surface area contributed by atoms with Crippen molar-refractivity contribution in [1.82, 2.24) is 0 Å². The summed E-state index contributed by atoms with van der Waals surface area (Å²) in [6.07, 6.45) is -6.44. The van der Waals surface area contributed by atoms with Crippen molar-refractivity contribution in [3.8, 4) is 5.75 Å². The molecule has 7 heteroatoms. The number of aliphatic hydroxyl groups excluding tert-OH is 4. The van der Waals surface area contributed by atoms with Crippen LogP contribution in [0.15, 0.2) is 24.3 Å². The fourth-order valence-corrected chi connectivity index (χ4v) is 1.85. The molecule has 19 heavy (non-hydrogen) atoms. The lowest BCUT2D eigenvalue weighted by atomic mass is 9.99. The van der Waals surface area contributed by atoms with E-state index in [9.17, 15) is 15.3 Å². The molecule has 0 amide bonds. The predicted molar refractivity (Wildman–Crippen MR) is 65.2 cm³/mol. The van der Waals surface area contributed by atoms with Gasteiger partial charge in [0.25, 0.3) is 0 Å². The molecule has 0 saturated carbocycles. The lowest BCUT2D eigenvalue weighted by Gasteiger charge is -2.39. The Hall–Kier alpha value is -1.38. The molecule has 0 aromatic heterocycles. The third-order valence-corrected chi connectivity index (χ3v) is 2.98. The van der Waals surface area contributed by atoms with E-state index in [2.05, 4.69) is 0 Å². The molecular weight excluding hydrogens is 254 g/mol. The average Bonchev–Trinajstić information content (AvgIpc) is 2.42. The minimum Gasteiger partial charge on any atom is -0.462 e. The van der Waals surface area contributed by atoms with Gasteiger partial charge in [0.1, 0.15) is 30.2 Å². The molecule has 2 rings (SSSR count). The second-order valence-corrected chi connectivity index (χ2v) is 4.38. The van der Waals surface area contributed by atoms with Crippen molar-refractivity contribution in [2.75, 3.05) is 12.3 Å². The summed E-state index contributed by atoms with van der Waals surface area (Å²) in [5.41, 5.74) is 6.09.